The van der Waals surface area contributed by atoms with Gasteiger partial charge in [-0.25, -0.2) is 13.2 Å². The summed E-state index contributed by atoms with van der Waals surface area (Å²) in [6.45, 7) is 0. The van der Waals surface area contributed by atoms with E-state index >= 15 is 0 Å². The maximum absolute atomic E-state index is 11.1. The summed E-state index contributed by atoms with van der Waals surface area (Å²) in [5.74, 6) is -2.24. The third kappa shape index (κ3) is 3.09. The monoisotopic (exact) mass is 242 g/mol. The normalized spacial score (nSPS) is 12.4. The van der Waals surface area contributed by atoms with Crippen LogP contribution in [0.5, 0.6) is 0 Å². The first-order valence-corrected chi connectivity index (χ1v) is 6.14. The van der Waals surface area contributed by atoms with Crippen molar-refractivity contribution < 1.29 is 23.4 Å². The highest BCUT2D eigenvalue weighted by Crippen LogP contribution is 2.12. The summed E-state index contributed by atoms with van der Waals surface area (Å²) < 4.78 is 22.2. The van der Waals surface area contributed by atoms with Gasteiger partial charge in [0.05, 0.1) is 4.90 Å². The van der Waals surface area contributed by atoms with Crippen molar-refractivity contribution in [2.24, 2.45) is 0 Å². The quantitative estimate of drug-likeness (QED) is 0.611. The van der Waals surface area contributed by atoms with Crippen LogP contribution in [0.25, 0.3) is 6.08 Å². The fraction of sp³-hybridized carbons (Fsp3) is 0.100. The maximum atomic E-state index is 11.1. The zero-order chi connectivity index (χ0) is 12.3. The van der Waals surface area contributed by atoms with E-state index in [1.165, 1.54) is 24.3 Å². The summed E-state index contributed by atoms with van der Waals surface area (Å²) in [7, 11) is -3.26. The minimum Gasteiger partial charge on any atom is -0.502 e. The lowest BCUT2D eigenvalue weighted by Gasteiger charge is -1.99. The average Bonchev–Trinajstić information content (AvgIpc) is 2.17. The second-order valence-corrected chi connectivity index (χ2v) is 5.19. The van der Waals surface area contributed by atoms with Gasteiger partial charge >= 0.3 is 5.97 Å². The highest BCUT2D eigenvalue weighted by atomic mass is 32.2. The third-order valence-corrected chi connectivity index (χ3v) is 2.96. The van der Waals surface area contributed by atoms with Gasteiger partial charge in [0.25, 0.3) is 0 Å². The fourth-order valence-electron chi connectivity index (χ4n) is 1.03. The van der Waals surface area contributed by atoms with E-state index in [2.05, 4.69) is 0 Å². The molecule has 0 atom stereocenters. The average molecular weight is 242 g/mol. The number of sulfone groups is 1. The SMILES string of the molecule is CS(=O)(=O)c1ccc(/C=C(/O)C(=O)O)cc1. The predicted molar refractivity (Wildman–Crippen MR) is 57.8 cm³/mol. The highest BCUT2D eigenvalue weighted by molar-refractivity contribution is 7.90. The number of carboxylic acid groups (broad SMARTS) is 1. The number of benzene rings is 1. The van der Waals surface area contributed by atoms with Gasteiger partial charge in [0.1, 0.15) is 0 Å². The van der Waals surface area contributed by atoms with E-state index in [0.717, 1.165) is 12.3 Å². The van der Waals surface area contributed by atoms with Gasteiger partial charge in [0.2, 0.25) is 5.76 Å². The summed E-state index contributed by atoms with van der Waals surface area (Å²) in [6, 6.07) is 5.51. The summed E-state index contributed by atoms with van der Waals surface area (Å²) in [5.41, 5.74) is 0.410. The van der Waals surface area contributed by atoms with Crippen molar-refractivity contribution in [3.8, 4) is 0 Å². The fourth-order valence-corrected chi connectivity index (χ4v) is 1.66. The molecule has 0 heterocycles. The number of rotatable bonds is 3. The van der Waals surface area contributed by atoms with Gasteiger partial charge in [-0.2, -0.15) is 0 Å². The van der Waals surface area contributed by atoms with Crippen LogP contribution in [0.4, 0.5) is 0 Å². The van der Waals surface area contributed by atoms with E-state index in [9.17, 15) is 13.2 Å². The lowest BCUT2D eigenvalue weighted by atomic mass is 10.2. The molecular formula is C10H10O5S. The lowest BCUT2D eigenvalue weighted by Crippen LogP contribution is -1.99. The molecule has 0 aromatic heterocycles. The molecule has 0 radical (unpaired) electrons. The molecule has 0 saturated heterocycles. The first-order valence-electron chi connectivity index (χ1n) is 4.25. The Hall–Kier alpha value is -1.82. The van der Waals surface area contributed by atoms with Crippen LogP contribution >= 0.6 is 0 Å². The first kappa shape index (κ1) is 12.3. The number of aliphatic hydroxyl groups is 1. The van der Waals surface area contributed by atoms with E-state index in [-0.39, 0.29) is 4.90 Å². The molecule has 1 aromatic carbocycles. The number of hydrogen-bond donors (Lipinski definition) is 2. The number of carboxylic acids is 1. The van der Waals surface area contributed by atoms with E-state index in [0.29, 0.717) is 5.56 Å². The summed E-state index contributed by atoms with van der Waals surface area (Å²) in [6.07, 6.45) is 2.11. The predicted octanol–water partition coefficient (Wildman–Crippen LogP) is 1.07. The van der Waals surface area contributed by atoms with Gasteiger partial charge in [-0.05, 0) is 23.8 Å². The number of hydrogen-bond acceptors (Lipinski definition) is 4. The van der Waals surface area contributed by atoms with Gasteiger partial charge in [0, 0.05) is 6.26 Å². The van der Waals surface area contributed by atoms with Crippen molar-refractivity contribution in [2.45, 2.75) is 4.90 Å². The Balaban J connectivity index is 3.06. The van der Waals surface area contributed by atoms with Crippen LogP contribution in [0.1, 0.15) is 5.56 Å². The Morgan fingerprint density at radius 3 is 2.06 bits per heavy atom. The molecule has 5 nitrogen and oxygen atoms in total. The zero-order valence-corrected chi connectivity index (χ0v) is 9.23. The van der Waals surface area contributed by atoms with Crippen LogP contribution in [-0.2, 0) is 14.6 Å². The molecule has 6 heteroatoms. The minimum atomic E-state index is -3.26. The molecule has 0 unspecified atom stereocenters. The smallest absolute Gasteiger partial charge is 0.370 e. The van der Waals surface area contributed by atoms with Crippen molar-refractivity contribution >= 4 is 21.9 Å². The zero-order valence-electron chi connectivity index (χ0n) is 8.41. The van der Waals surface area contributed by atoms with Crippen LogP contribution in [0.15, 0.2) is 34.9 Å². The Kier molecular flexibility index (Phi) is 3.34. The lowest BCUT2D eigenvalue weighted by molar-refractivity contribution is -0.135. The second kappa shape index (κ2) is 4.36. The molecule has 0 spiro atoms. The van der Waals surface area contributed by atoms with Crippen molar-refractivity contribution in [3.05, 3.63) is 35.6 Å². The molecule has 0 aliphatic rings. The van der Waals surface area contributed by atoms with Gasteiger partial charge in [-0.3, -0.25) is 0 Å². The van der Waals surface area contributed by atoms with Crippen LogP contribution in [0, 0.1) is 0 Å². The maximum Gasteiger partial charge on any atom is 0.370 e. The molecule has 0 fully saturated rings. The molecule has 16 heavy (non-hydrogen) atoms. The molecule has 1 aromatic rings. The minimum absolute atomic E-state index is 0.138. The van der Waals surface area contributed by atoms with E-state index in [1.54, 1.807) is 0 Å². The molecular weight excluding hydrogens is 232 g/mol. The van der Waals surface area contributed by atoms with E-state index in [1.807, 2.05) is 0 Å². The standard InChI is InChI=1S/C10H10O5S/c1-16(14,15)8-4-2-7(3-5-8)6-9(11)10(12)13/h2-6,11H,1H3,(H,12,13)/b9-6+. The molecule has 0 saturated carbocycles. The molecule has 0 aliphatic carbocycles. The Morgan fingerprint density at radius 1 is 1.19 bits per heavy atom. The van der Waals surface area contributed by atoms with Crippen molar-refractivity contribution in [3.63, 3.8) is 0 Å². The number of carbonyl (C=O) groups is 1. The molecule has 86 valence electrons. The second-order valence-electron chi connectivity index (χ2n) is 3.18. The summed E-state index contributed by atoms with van der Waals surface area (Å²) in [4.78, 5) is 10.5. The van der Waals surface area contributed by atoms with Gasteiger partial charge in [0.15, 0.2) is 9.84 Å². The third-order valence-electron chi connectivity index (χ3n) is 1.83. The Morgan fingerprint density at radius 2 is 1.69 bits per heavy atom. The van der Waals surface area contributed by atoms with Gasteiger partial charge in [-0.1, -0.05) is 12.1 Å². The van der Waals surface area contributed by atoms with Crippen molar-refractivity contribution in [1.82, 2.24) is 0 Å². The molecule has 0 amide bonds. The first-order chi connectivity index (χ1) is 7.30. The summed E-state index contributed by atoms with van der Waals surface area (Å²) in [5, 5.41) is 17.4. The molecule has 2 N–H and O–H groups in total. The van der Waals surface area contributed by atoms with Crippen LogP contribution in [-0.4, -0.2) is 30.9 Å². The van der Waals surface area contributed by atoms with Crippen LogP contribution < -0.4 is 0 Å². The van der Waals surface area contributed by atoms with Gasteiger partial charge < -0.3 is 10.2 Å². The summed E-state index contributed by atoms with van der Waals surface area (Å²) >= 11 is 0. The Labute approximate surface area is 92.6 Å². The van der Waals surface area contributed by atoms with Crippen LogP contribution in [0.3, 0.4) is 0 Å². The molecule has 1 rings (SSSR count). The van der Waals surface area contributed by atoms with Gasteiger partial charge in [-0.15, -0.1) is 0 Å². The number of aliphatic hydroxyl groups excluding tert-OH is 1. The molecule has 0 aliphatic heterocycles. The number of aliphatic carboxylic acids is 1. The van der Waals surface area contributed by atoms with Crippen molar-refractivity contribution in [1.29, 1.82) is 0 Å². The highest BCUT2D eigenvalue weighted by Gasteiger charge is 2.07. The van der Waals surface area contributed by atoms with E-state index in [4.69, 9.17) is 10.2 Å². The largest absolute Gasteiger partial charge is 0.502 e. The van der Waals surface area contributed by atoms with Crippen molar-refractivity contribution in [2.75, 3.05) is 6.26 Å². The molecule has 0 bridgehead atoms. The Bertz CT molecular complexity index is 525. The van der Waals surface area contributed by atoms with Crippen LogP contribution in [0.2, 0.25) is 0 Å². The topological polar surface area (TPSA) is 91.7 Å². The van der Waals surface area contributed by atoms with E-state index < -0.39 is 21.6 Å².